The van der Waals surface area contributed by atoms with E-state index in [1.54, 1.807) is 19.2 Å². The highest BCUT2D eigenvalue weighted by Gasteiger charge is 2.44. The molecule has 0 aliphatic heterocycles. The van der Waals surface area contributed by atoms with Gasteiger partial charge in [0, 0.05) is 28.3 Å². The third kappa shape index (κ3) is 4.92. The number of halogens is 5. The van der Waals surface area contributed by atoms with Crippen LogP contribution in [0.3, 0.4) is 0 Å². The Kier molecular flexibility index (Phi) is 6.05. The van der Waals surface area contributed by atoms with E-state index in [1.165, 1.54) is 10.5 Å². The lowest BCUT2D eigenvalue weighted by Crippen LogP contribution is -2.34. The zero-order valence-electron chi connectivity index (χ0n) is 12.0. The normalized spacial score (nSPS) is 13.3. The summed E-state index contributed by atoms with van der Waals surface area (Å²) in [6.07, 6.45) is -1.43. The number of hydrogen-bond acceptors (Lipinski definition) is 3. The minimum absolute atomic E-state index is 0.00351. The van der Waals surface area contributed by atoms with Crippen molar-refractivity contribution in [1.82, 2.24) is 9.29 Å². The molecule has 1 aromatic heterocycles. The molecular weight excluding hydrogens is 396 g/mol. The summed E-state index contributed by atoms with van der Waals surface area (Å²) in [5.74, 6) is -0.568. The molecule has 124 valence electrons. The molecule has 0 aliphatic carbocycles. The minimum atomic E-state index is -4.49. The van der Waals surface area contributed by atoms with Crippen LogP contribution >= 0.6 is 27.9 Å². The van der Waals surface area contributed by atoms with E-state index in [2.05, 4.69) is 20.9 Å². The van der Waals surface area contributed by atoms with Gasteiger partial charge in [0.1, 0.15) is 11.9 Å². The van der Waals surface area contributed by atoms with E-state index < -0.39 is 18.0 Å². The molecule has 0 saturated heterocycles. The number of aromatic nitrogens is 1. The van der Waals surface area contributed by atoms with Crippen LogP contribution in [0, 0.1) is 5.82 Å². The van der Waals surface area contributed by atoms with Gasteiger partial charge < -0.3 is 0 Å². The third-order valence-corrected chi connectivity index (χ3v) is 4.57. The maximum Gasteiger partial charge on any atom is 0.408 e. The van der Waals surface area contributed by atoms with Gasteiger partial charge in [-0.25, -0.2) is 8.70 Å². The molecule has 23 heavy (non-hydrogen) atoms. The van der Waals surface area contributed by atoms with E-state index in [0.717, 1.165) is 36.2 Å². The molecule has 0 amide bonds. The fourth-order valence-corrected chi connectivity index (χ4v) is 3.59. The molecule has 8 heteroatoms. The molecule has 1 unspecified atom stereocenters. The van der Waals surface area contributed by atoms with Gasteiger partial charge >= 0.3 is 6.18 Å². The van der Waals surface area contributed by atoms with E-state index in [0.29, 0.717) is 9.37 Å². The zero-order valence-corrected chi connectivity index (χ0v) is 14.4. The second-order valence-corrected chi connectivity index (χ2v) is 6.70. The SMILES string of the molecule is CCN(Sc1cncc(Br)c1)C(c1ccc(F)cc1)C(F)(F)F. The van der Waals surface area contributed by atoms with Crippen LogP contribution in [0.1, 0.15) is 18.5 Å². The molecule has 2 aromatic rings. The van der Waals surface area contributed by atoms with E-state index in [4.69, 9.17) is 0 Å². The highest BCUT2D eigenvalue weighted by Crippen LogP contribution is 2.42. The van der Waals surface area contributed by atoms with Crippen molar-refractivity contribution in [2.24, 2.45) is 0 Å². The number of nitrogens with zero attached hydrogens (tertiary/aromatic N) is 2. The molecule has 0 fully saturated rings. The van der Waals surface area contributed by atoms with Crippen LogP contribution in [0.15, 0.2) is 52.1 Å². The Hall–Kier alpha value is -1.12. The summed E-state index contributed by atoms with van der Waals surface area (Å²) in [5, 5.41) is 0. The van der Waals surface area contributed by atoms with Crippen LogP contribution in [0.2, 0.25) is 0 Å². The van der Waals surface area contributed by atoms with Crippen molar-refractivity contribution in [1.29, 1.82) is 0 Å². The van der Waals surface area contributed by atoms with Gasteiger partial charge in [-0.15, -0.1) is 0 Å². The molecule has 1 heterocycles. The summed E-state index contributed by atoms with van der Waals surface area (Å²) in [7, 11) is 0. The van der Waals surface area contributed by atoms with Crippen molar-refractivity contribution < 1.29 is 17.6 Å². The van der Waals surface area contributed by atoms with Gasteiger partial charge in [-0.1, -0.05) is 19.1 Å². The maximum atomic E-state index is 13.6. The fourth-order valence-electron chi connectivity index (χ4n) is 2.04. The zero-order chi connectivity index (χ0) is 17.0. The first-order valence-corrected chi connectivity index (χ1v) is 8.25. The van der Waals surface area contributed by atoms with E-state index in [9.17, 15) is 17.6 Å². The van der Waals surface area contributed by atoms with Crippen molar-refractivity contribution in [2.75, 3.05) is 6.54 Å². The van der Waals surface area contributed by atoms with Crippen LogP contribution in [0.25, 0.3) is 0 Å². The van der Waals surface area contributed by atoms with E-state index >= 15 is 0 Å². The highest BCUT2D eigenvalue weighted by molar-refractivity contribution is 9.10. The molecule has 2 rings (SSSR count). The van der Waals surface area contributed by atoms with Crippen molar-refractivity contribution >= 4 is 27.9 Å². The predicted octanol–water partition coefficient (Wildman–Crippen LogP) is 5.62. The maximum absolute atomic E-state index is 13.6. The predicted molar refractivity (Wildman–Crippen MR) is 85.4 cm³/mol. The monoisotopic (exact) mass is 408 g/mol. The number of rotatable bonds is 5. The van der Waals surface area contributed by atoms with Crippen molar-refractivity contribution in [2.45, 2.75) is 24.0 Å². The second-order valence-electron chi connectivity index (χ2n) is 4.66. The summed E-state index contributed by atoms with van der Waals surface area (Å²) < 4.78 is 55.6. The van der Waals surface area contributed by atoms with Crippen LogP contribution < -0.4 is 0 Å². The molecule has 0 radical (unpaired) electrons. The molecule has 1 atom stereocenters. The van der Waals surface area contributed by atoms with Crippen molar-refractivity contribution in [3.63, 3.8) is 0 Å². The molecular formula is C15H13BrF4N2S. The van der Waals surface area contributed by atoms with E-state index in [1.807, 2.05) is 0 Å². The van der Waals surface area contributed by atoms with Crippen LogP contribution in [0.5, 0.6) is 0 Å². The Morgan fingerprint density at radius 3 is 2.39 bits per heavy atom. The topological polar surface area (TPSA) is 16.1 Å². The Morgan fingerprint density at radius 1 is 1.22 bits per heavy atom. The first kappa shape index (κ1) is 18.2. The lowest BCUT2D eigenvalue weighted by Gasteiger charge is -2.31. The Balaban J connectivity index is 2.34. The van der Waals surface area contributed by atoms with Gasteiger partial charge in [0.15, 0.2) is 0 Å². The summed E-state index contributed by atoms with van der Waals surface area (Å²) in [6.45, 7) is 1.79. The van der Waals surface area contributed by atoms with Gasteiger partial charge in [0.05, 0.1) is 0 Å². The lowest BCUT2D eigenvalue weighted by atomic mass is 10.1. The summed E-state index contributed by atoms with van der Waals surface area (Å²) >= 11 is 4.21. The molecule has 0 bridgehead atoms. The van der Waals surface area contributed by atoms with Gasteiger partial charge in [-0.05, 0) is 51.6 Å². The quantitative estimate of drug-likeness (QED) is 0.472. The fraction of sp³-hybridized carbons (Fsp3) is 0.267. The Bertz CT molecular complexity index is 649. The van der Waals surface area contributed by atoms with Crippen molar-refractivity contribution in [3.8, 4) is 0 Å². The largest absolute Gasteiger partial charge is 0.408 e. The van der Waals surface area contributed by atoms with Crippen LogP contribution in [-0.4, -0.2) is 22.0 Å². The standard InChI is InChI=1S/C15H13BrF4N2S/c1-2-22(23-13-7-11(16)8-21-9-13)14(15(18,19)20)10-3-5-12(17)6-4-10/h3-9,14H,2H2,1H3. The summed E-state index contributed by atoms with van der Waals surface area (Å²) in [5.41, 5.74) is -0.00351. The molecule has 0 saturated carbocycles. The van der Waals surface area contributed by atoms with E-state index in [-0.39, 0.29) is 12.1 Å². The average Bonchev–Trinajstić information content (AvgIpc) is 2.47. The molecule has 0 aliphatic rings. The molecule has 1 aromatic carbocycles. The van der Waals surface area contributed by atoms with Crippen LogP contribution in [0.4, 0.5) is 17.6 Å². The highest BCUT2D eigenvalue weighted by atomic mass is 79.9. The third-order valence-electron chi connectivity index (χ3n) is 3.00. The second kappa shape index (κ2) is 7.63. The van der Waals surface area contributed by atoms with Crippen LogP contribution in [-0.2, 0) is 0 Å². The van der Waals surface area contributed by atoms with Gasteiger partial charge in [-0.3, -0.25) is 4.98 Å². The minimum Gasteiger partial charge on any atom is -0.262 e. The Morgan fingerprint density at radius 2 is 1.87 bits per heavy atom. The first-order valence-electron chi connectivity index (χ1n) is 6.68. The Labute approximate surface area is 144 Å². The lowest BCUT2D eigenvalue weighted by molar-refractivity contribution is -0.172. The molecule has 2 nitrogen and oxygen atoms in total. The number of alkyl halides is 3. The number of hydrogen-bond donors (Lipinski definition) is 0. The van der Waals surface area contributed by atoms with Gasteiger partial charge in [-0.2, -0.15) is 13.2 Å². The van der Waals surface area contributed by atoms with Gasteiger partial charge in [0.25, 0.3) is 0 Å². The summed E-state index contributed by atoms with van der Waals surface area (Å²) in [4.78, 5) is 4.53. The first-order chi connectivity index (χ1) is 10.8. The van der Waals surface area contributed by atoms with Gasteiger partial charge in [0.2, 0.25) is 0 Å². The molecule has 0 N–H and O–H groups in total. The van der Waals surface area contributed by atoms with Crippen molar-refractivity contribution in [3.05, 3.63) is 58.6 Å². The number of pyridine rings is 1. The molecule has 0 spiro atoms. The summed E-state index contributed by atoms with van der Waals surface area (Å²) in [6, 6.07) is 4.25. The smallest absolute Gasteiger partial charge is 0.262 e. The number of benzene rings is 1. The average molecular weight is 409 g/mol.